The number of rotatable bonds is 3. The van der Waals surface area contributed by atoms with Gasteiger partial charge in [-0.05, 0) is 42.3 Å². The van der Waals surface area contributed by atoms with E-state index in [2.05, 4.69) is 5.32 Å². The summed E-state index contributed by atoms with van der Waals surface area (Å²) in [6, 6.07) is 13.7. The first-order valence-corrected chi connectivity index (χ1v) is 7.33. The summed E-state index contributed by atoms with van der Waals surface area (Å²) in [5, 5.41) is 11.5. The van der Waals surface area contributed by atoms with Gasteiger partial charge >= 0.3 is 6.03 Å². The summed E-state index contributed by atoms with van der Waals surface area (Å²) in [5.74, 6) is -0.808. The highest BCUT2D eigenvalue weighted by Gasteiger charge is 2.48. The molecule has 1 unspecified atom stereocenters. The van der Waals surface area contributed by atoms with Gasteiger partial charge in [0.1, 0.15) is 11.4 Å². The molecule has 120 valence electrons. The number of carbonyl (C=O) groups excluding carboxylic acids is 2. The monoisotopic (exact) mass is 323 g/mol. The Balaban J connectivity index is 1.85. The maximum absolute atomic E-state index is 13.1. The van der Waals surface area contributed by atoms with Gasteiger partial charge in [0.15, 0.2) is 0 Å². The summed E-state index contributed by atoms with van der Waals surface area (Å²) >= 11 is 0. The minimum absolute atomic E-state index is 0.104. The molecule has 1 saturated heterocycles. The maximum Gasteiger partial charge on any atom is 0.325 e. The molecule has 3 rings (SSSR count). The normalized spacial score (nSPS) is 20.0. The third kappa shape index (κ3) is 2.61. The largest absolute Gasteiger partial charge is 0.325 e. The number of urea groups is 1. The summed E-state index contributed by atoms with van der Waals surface area (Å²) in [4.78, 5) is 26.1. The van der Waals surface area contributed by atoms with Gasteiger partial charge < -0.3 is 5.32 Å². The van der Waals surface area contributed by atoms with Crippen LogP contribution >= 0.6 is 0 Å². The fraction of sp³-hybridized carbons (Fsp3) is 0.167. The summed E-state index contributed by atoms with van der Waals surface area (Å²) < 4.78 is 13.1. The van der Waals surface area contributed by atoms with E-state index in [1.165, 1.54) is 24.3 Å². The first-order chi connectivity index (χ1) is 11.4. The predicted octanol–water partition coefficient (Wildman–Crippen LogP) is 2.66. The Kier molecular flexibility index (Phi) is 3.78. The molecule has 5 nitrogen and oxygen atoms in total. The molecule has 24 heavy (non-hydrogen) atoms. The quantitative estimate of drug-likeness (QED) is 0.883. The first-order valence-electron chi connectivity index (χ1n) is 7.33. The Morgan fingerprint density at radius 2 is 1.75 bits per heavy atom. The van der Waals surface area contributed by atoms with Gasteiger partial charge in [-0.15, -0.1) is 0 Å². The molecule has 2 aromatic carbocycles. The molecule has 0 aliphatic carbocycles. The molecule has 0 aromatic heterocycles. The van der Waals surface area contributed by atoms with Crippen LogP contribution in [0, 0.1) is 17.1 Å². The Morgan fingerprint density at radius 1 is 1.12 bits per heavy atom. The van der Waals surface area contributed by atoms with E-state index >= 15 is 0 Å². The van der Waals surface area contributed by atoms with Crippen LogP contribution in [0.3, 0.4) is 0 Å². The lowest BCUT2D eigenvalue weighted by molar-refractivity contribution is -0.131. The van der Waals surface area contributed by atoms with Gasteiger partial charge in [-0.3, -0.25) is 9.69 Å². The van der Waals surface area contributed by atoms with E-state index in [1.54, 1.807) is 31.2 Å². The van der Waals surface area contributed by atoms with Crippen molar-refractivity contribution in [2.45, 2.75) is 19.0 Å². The van der Waals surface area contributed by atoms with Crippen LogP contribution in [0.1, 0.15) is 23.6 Å². The van der Waals surface area contributed by atoms with Crippen LogP contribution in [0.4, 0.5) is 9.18 Å². The van der Waals surface area contributed by atoms with Gasteiger partial charge in [-0.2, -0.15) is 5.26 Å². The van der Waals surface area contributed by atoms with Gasteiger partial charge in [0.2, 0.25) is 0 Å². The molecule has 6 heteroatoms. The summed E-state index contributed by atoms with van der Waals surface area (Å²) in [7, 11) is 0. The summed E-state index contributed by atoms with van der Waals surface area (Å²) in [6.45, 7) is 1.70. The fourth-order valence-electron chi connectivity index (χ4n) is 2.69. The van der Waals surface area contributed by atoms with Crippen molar-refractivity contribution in [3.05, 3.63) is 71.0 Å². The number of halogens is 1. The van der Waals surface area contributed by atoms with E-state index in [0.29, 0.717) is 11.1 Å². The van der Waals surface area contributed by atoms with Crippen molar-refractivity contribution in [3.8, 4) is 6.07 Å². The molecule has 1 aliphatic rings. The number of hydrogen-bond acceptors (Lipinski definition) is 3. The van der Waals surface area contributed by atoms with E-state index in [-0.39, 0.29) is 6.54 Å². The molecule has 1 atom stereocenters. The molecule has 1 N–H and O–H groups in total. The second kappa shape index (κ2) is 5.78. The zero-order chi connectivity index (χ0) is 17.3. The highest BCUT2D eigenvalue weighted by atomic mass is 19.1. The number of nitriles is 1. The Bertz CT molecular complexity index is 840. The number of amides is 3. The lowest BCUT2D eigenvalue weighted by atomic mass is 9.92. The third-order valence-corrected chi connectivity index (χ3v) is 4.12. The van der Waals surface area contributed by atoms with Crippen molar-refractivity contribution >= 4 is 11.9 Å². The van der Waals surface area contributed by atoms with Crippen LogP contribution in [0.5, 0.6) is 0 Å². The van der Waals surface area contributed by atoms with Gasteiger partial charge in [-0.25, -0.2) is 9.18 Å². The van der Waals surface area contributed by atoms with E-state index in [0.717, 1.165) is 10.5 Å². The Hall–Kier alpha value is -3.20. The highest BCUT2D eigenvalue weighted by Crippen LogP contribution is 2.29. The van der Waals surface area contributed by atoms with E-state index in [1.807, 2.05) is 6.07 Å². The molecule has 0 bridgehead atoms. The van der Waals surface area contributed by atoms with Gasteiger partial charge in [-0.1, -0.05) is 24.3 Å². The zero-order valence-corrected chi connectivity index (χ0v) is 12.9. The lowest BCUT2D eigenvalue weighted by Crippen LogP contribution is -2.40. The molecule has 1 fully saturated rings. The smallest absolute Gasteiger partial charge is 0.319 e. The van der Waals surface area contributed by atoms with Crippen LogP contribution in [0.2, 0.25) is 0 Å². The molecule has 0 radical (unpaired) electrons. The fourth-order valence-corrected chi connectivity index (χ4v) is 2.69. The van der Waals surface area contributed by atoms with Crippen molar-refractivity contribution in [3.63, 3.8) is 0 Å². The molecule has 1 aliphatic heterocycles. The number of imide groups is 1. The lowest BCUT2D eigenvalue weighted by Gasteiger charge is -2.22. The van der Waals surface area contributed by atoms with Gasteiger partial charge in [0, 0.05) is 0 Å². The van der Waals surface area contributed by atoms with Gasteiger partial charge in [0.05, 0.1) is 18.2 Å². The van der Waals surface area contributed by atoms with Crippen molar-refractivity contribution in [2.24, 2.45) is 0 Å². The Morgan fingerprint density at radius 3 is 2.33 bits per heavy atom. The van der Waals surface area contributed by atoms with Gasteiger partial charge in [0.25, 0.3) is 5.91 Å². The second-order valence-electron chi connectivity index (χ2n) is 5.76. The van der Waals surface area contributed by atoms with Crippen molar-refractivity contribution in [1.29, 1.82) is 5.26 Å². The van der Waals surface area contributed by atoms with Crippen molar-refractivity contribution < 1.29 is 14.0 Å². The minimum Gasteiger partial charge on any atom is -0.319 e. The highest BCUT2D eigenvalue weighted by molar-refractivity contribution is 6.07. The van der Waals surface area contributed by atoms with Crippen LogP contribution in [0.15, 0.2) is 48.5 Å². The molecular weight excluding hydrogens is 309 g/mol. The van der Waals surface area contributed by atoms with E-state index < -0.39 is 23.3 Å². The SMILES string of the molecule is CC1(c2ccc(F)cc2)NC(=O)N(Cc2ccc(C#N)cc2)C1=O. The molecule has 0 saturated carbocycles. The van der Waals surface area contributed by atoms with Crippen LogP contribution in [-0.2, 0) is 16.9 Å². The molecule has 2 aromatic rings. The van der Waals surface area contributed by atoms with E-state index in [4.69, 9.17) is 5.26 Å². The predicted molar refractivity (Wildman–Crippen MR) is 84.0 cm³/mol. The number of benzene rings is 2. The number of nitrogens with zero attached hydrogens (tertiary/aromatic N) is 2. The molecule has 1 heterocycles. The second-order valence-corrected chi connectivity index (χ2v) is 5.76. The number of carbonyl (C=O) groups is 2. The molecule has 0 spiro atoms. The molecular formula is C18H14FN3O2. The summed E-state index contributed by atoms with van der Waals surface area (Å²) in [5.41, 5.74) is 0.537. The average Bonchev–Trinajstić information content (AvgIpc) is 2.80. The Labute approximate surface area is 138 Å². The van der Waals surface area contributed by atoms with Crippen molar-refractivity contribution in [1.82, 2.24) is 10.2 Å². The maximum atomic E-state index is 13.1. The minimum atomic E-state index is -1.22. The summed E-state index contributed by atoms with van der Waals surface area (Å²) in [6.07, 6.45) is 0. The third-order valence-electron chi connectivity index (χ3n) is 4.12. The first kappa shape index (κ1) is 15.7. The molecule has 3 amide bonds. The van der Waals surface area contributed by atoms with Crippen LogP contribution in [0.25, 0.3) is 0 Å². The van der Waals surface area contributed by atoms with Crippen molar-refractivity contribution in [2.75, 3.05) is 0 Å². The van der Waals surface area contributed by atoms with E-state index in [9.17, 15) is 14.0 Å². The standard InChI is InChI=1S/C18H14FN3O2/c1-18(14-6-8-15(19)9-7-14)16(23)22(17(24)21-18)11-13-4-2-12(10-20)3-5-13/h2-9H,11H2,1H3,(H,21,24). The number of hydrogen-bond donors (Lipinski definition) is 1. The topological polar surface area (TPSA) is 73.2 Å². The average molecular weight is 323 g/mol. The number of nitrogens with one attached hydrogen (secondary N) is 1. The zero-order valence-electron chi connectivity index (χ0n) is 12.9. The van der Waals surface area contributed by atoms with Crippen LogP contribution < -0.4 is 5.32 Å². The van der Waals surface area contributed by atoms with Crippen LogP contribution in [-0.4, -0.2) is 16.8 Å².